The highest BCUT2D eigenvalue weighted by molar-refractivity contribution is 5.94. The third-order valence-corrected chi connectivity index (χ3v) is 4.27. The predicted molar refractivity (Wildman–Crippen MR) is 90.0 cm³/mol. The van der Waals surface area contributed by atoms with E-state index >= 15 is 0 Å². The van der Waals surface area contributed by atoms with Crippen LogP contribution in [-0.2, 0) is 16.0 Å². The van der Waals surface area contributed by atoms with Crippen molar-refractivity contribution in [3.8, 4) is 0 Å². The first-order valence-electron chi connectivity index (χ1n) is 8.32. The number of cyclic esters (lactones) is 1. The molecule has 0 unspecified atom stereocenters. The first-order chi connectivity index (χ1) is 11.2. The lowest BCUT2D eigenvalue weighted by Gasteiger charge is -2.24. The summed E-state index contributed by atoms with van der Waals surface area (Å²) in [4.78, 5) is 26.2. The molecule has 0 bridgehead atoms. The van der Waals surface area contributed by atoms with Gasteiger partial charge >= 0.3 is 6.09 Å². The Balaban J connectivity index is 2.06. The Morgan fingerprint density at radius 1 is 1.39 bits per heavy atom. The van der Waals surface area contributed by atoms with Gasteiger partial charge in [-0.25, -0.2) is 9.69 Å². The standard InChI is InChI=1S/C19H25NO3/c1-3-5-7-12-16(4-2)18(21)20-17(14-23-19(20)22)13-15-10-8-6-9-11-15/h3,5-6,8-11,16-17H,4,7,12-14H2,1-2H3/b5-3-/t16-,17-/m1/s1. The topological polar surface area (TPSA) is 46.6 Å². The maximum atomic E-state index is 12.8. The van der Waals surface area contributed by atoms with E-state index in [4.69, 9.17) is 4.74 Å². The van der Waals surface area contributed by atoms with E-state index in [0.717, 1.165) is 24.8 Å². The molecule has 124 valence electrons. The van der Waals surface area contributed by atoms with Gasteiger partial charge in [0.25, 0.3) is 0 Å². The Kier molecular flexibility index (Phi) is 6.39. The van der Waals surface area contributed by atoms with E-state index in [1.807, 2.05) is 50.3 Å². The van der Waals surface area contributed by atoms with E-state index in [9.17, 15) is 9.59 Å². The lowest BCUT2D eigenvalue weighted by Crippen LogP contribution is -2.43. The molecule has 1 aliphatic rings. The van der Waals surface area contributed by atoms with Gasteiger partial charge in [0.2, 0.25) is 5.91 Å². The van der Waals surface area contributed by atoms with Crippen LogP contribution in [0.2, 0.25) is 0 Å². The molecule has 1 aromatic carbocycles. The Labute approximate surface area is 138 Å². The average Bonchev–Trinajstić information content (AvgIpc) is 2.92. The first kappa shape index (κ1) is 17.3. The summed E-state index contributed by atoms with van der Waals surface area (Å²) in [5, 5.41) is 0. The van der Waals surface area contributed by atoms with Crippen LogP contribution in [0.25, 0.3) is 0 Å². The number of hydrogen-bond donors (Lipinski definition) is 0. The smallest absolute Gasteiger partial charge is 0.416 e. The predicted octanol–water partition coefficient (Wildman–Crippen LogP) is 3.96. The van der Waals surface area contributed by atoms with E-state index < -0.39 is 6.09 Å². The zero-order valence-electron chi connectivity index (χ0n) is 13.9. The number of amides is 2. The highest BCUT2D eigenvalue weighted by atomic mass is 16.6. The van der Waals surface area contributed by atoms with Gasteiger partial charge in [0, 0.05) is 5.92 Å². The summed E-state index contributed by atoms with van der Waals surface area (Å²) in [6.07, 6.45) is 6.54. The first-order valence-corrected chi connectivity index (χ1v) is 8.32. The van der Waals surface area contributed by atoms with Gasteiger partial charge in [-0.2, -0.15) is 0 Å². The minimum absolute atomic E-state index is 0.0968. The third-order valence-electron chi connectivity index (χ3n) is 4.27. The van der Waals surface area contributed by atoms with Crippen molar-refractivity contribution in [2.45, 2.75) is 45.6 Å². The number of carbonyl (C=O) groups excluding carboxylic acids is 2. The van der Waals surface area contributed by atoms with Crippen LogP contribution in [0.3, 0.4) is 0 Å². The molecule has 1 fully saturated rings. The normalized spacial score (nSPS) is 19.1. The van der Waals surface area contributed by atoms with Gasteiger partial charge in [0.15, 0.2) is 0 Å². The van der Waals surface area contributed by atoms with Crippen molar-refractivity contribution >= 4 is 12.0 Å². The van der Waals surface area contributed by atoms with Crippen LogP contribution in [0.4, 0.5) is 4.79 Å². The fraction of sp³-hybridized carbons (Fsp3) is 0.474. The summed E-state index contributed by atoms with van der Waals surface area (Å²) in [5.74, 6) is -0.226. The third kappa shape index (κ3) is 4.44. The van der Waals surface area contributed by atoms with Crippen LogP contribution in [0.5, 0.6) is 0 Å². The van der Waals surface area contributed by atoms with Gasteiger partial charge in [0.1, 0.15) is 6.61 Å². The van der Waals surface area contributed by atoms with Gasteiger partial charge in [-0.15, -0.1) is 0 Å². The largest absolute Gasteiger partial charge is 0.447 e. The number of carbonyl (C=O) groups is 2. The summed E-state index contributed by atoms with van der Waals surface area (Å²) in [6.45, 7) is 4.24. The molecule has 1 saturated heterocycles. The highest BCUT2D eigenvalue weighted by Crippen LogP contribution is 2.23. The van der Waals surface area contributed by atoms with E-state index in [1.165, 1.54) is 4.90 Å². The van der Waals surface area contributed by atoms with Crippen molar-refractivity contribution < 1.29 is 14.3 Å². The highest BCUT2D eigenvalue weighted by Gasteiger charge is 2.39. The number of hydrogen-bond acceptors (Lipinski definition) is 3. The van der Waals surface area contributed by atoms with Gasteiger partial charge in [-0.1, -0.05) is 49.4 Å². The molecule has 4 nitrogen and oxygen atoms in total. The van der Waals surface area contributed by atoms with Crippen molar-refractivity contribution in [1.29, 1.82) is 0 Å². The van der Waals surface area contributed by atoms with Gasteiger partial charge < -0.3 is 4.74 Å². The summed E-state index contributed by atoms with van der Waals surface area (Å²) in [7, 11) is 0. The minimum Gasteiger partial charge on any atom is -0.447 e. The van der Waals surface area contributed by atoms with Crippen LogP contribution >= 0.6 is 0 Å². The second-order valence-corrected chi connectivity index (χ2v) is 5.88. The molecule has 1 aromatic rings. The van der Waals surface area contributed by atoms with Crippen molar-refractivity contribution in [1.82, 2.24) is 4.90 Å². The zero-order valence-corrected chi connectivity index (χ0v) is 13.9. The second kappa shape index (κ2) is 8.51. The molecule has 23 heavy (non-hydrogen) atoms. The SMILES string of the molecule is C/C=C\CC[C@@H](CC)C(=O)N1C(=O)OC[C@H]1Cc1ccccc1. The Bertz CT molecular complexity index is 553. The average molecular weight is 315 g/mol. The summed E-state index contributed by atoms with van der Waals surface area (Å²) >= 11 is 0. The summed E-state index contributed by atoms with van der Waals surface area (Å²) < 4.78 is 5.14. The van der Waals surface area contributed by atoms with Crippen LogP contribution in [-0.4, -0.2) is 29.5 Å². The number of ether oxygens (including phenoxy) is 1. The molecule has 4 heteroatoms. The van der Waals surface area contributed by atoms with E-state index in [1.54, 1.807) is 0 Å². The molecule has 2 rings (SSSR count). The summed E-state index contributed by atoms with van der Waals surface area (Å²) in [5.41, 5.74) is 1.11. The zero-order chi connectivity index (χ0) is 16.7. The van der Waals surface area contributed by atoms with Crippen LogP contribution in [0.1, 0.15) is 38.7 Å². The fourth-order valence-electron chi connectivity index (χ4n) is 2.93. The molecule has 0 spiro atoms. The van der Waals surface area contributed by atoms with Crippen molar-refractivity contribution in [3.05, 3.63) is 48.0 Å². The van der Waals surface area contributed by atoms with Crippen LogP contribution in [0, 0.1) is 5.92 Å². The molecule has 0 aliphatic carbocycles. The molecule has 0 aromatic heterocycles. The Hall–Kier alpha value is -2.10. The maximum Gasteiger partial charge on any atom is 0.416 e. The lowest BCUT2D eigenvalue weighted by molar-refractivity contribution is -0.133. The molecule has 0 N–H and O–H groups in total. The molecule has 2 atom stereocenters. The molecular formula is C19H25NO3. The molecule has 1 aliphatic heterocycles. The van der Waals surface area contributed by atoms with E-state index in [0.29, 0.717) is 6.42 Å². The minimum atomic E-state index is -0.500. The van der Waals surface area contributed by atoms with Crippen molar-refractivity contribution in [3.63, 3.8) is 0 Å². The maximum absolute atomic E-state index is 12.8. The number of nitrogens with zero attached hydrogens (tertiary/aromatic N) is 1. The molecular weight excluding hydrogens is 290 g/mol. The quantitative estimate of drug-likeness (QED) is 0.716. The molecule has 0 radical (unpaired) electrons. The molecule has 2 amide bonds. The van der Waals surface area contributed by atoms with Crippen molar-refractivity contribution in [2.75, 3.05) is 6.61 Å². The van der Waals surface area contributed by atoms with E-state index in [-0.39, 0.29) is 24.5 Å². The molecule has 0 saturated carbocycles. The van der Waals surface area contributed by atoms with Gasteiger partial charge in [0.05, 0.1) is 6.04 Å². The van der Waals surface area contributed by atoms with Crippen molar-refractivity contribution in [2.24, 2.45) is 5.92 Å². The number of benzene rings is 1. The molecule has 1 heterocycles. The summed E-state index contributed by atoms with van der Waals surface area (Å²) in [6, 6.07) is 9.70. The number of rotatable bonds is 7. The number of allylic oxidation sites excluding steroid dienone is 2. The lowest BCUT2D eigenvalue weighted by atomic mass is 9.97. The van der Waals surface area contributed by atoms with Crippen LogP contribution in [0.15, 0.2) is 42.5 Å². The van der Waals surface area contributed by atoms with Crippen LogP contribution < -0.4 is 0 Å². The fourth-order valence-corrected chi connectivity index (χ4v) is 2.93. The second-order valence-electron chi connectivity index (χ2n) is 5.88. The Morgan fingerprint density at radius 2 is 2.13 bits per heavy atom. The van der Waals surface area contributed by atoms with Gasteiger partial charge in [-0.3, -0.25) is 4.79 Å². The number of imide groups is 1. The Morgan fingerprint density at radius 3 is 2.78 bits per heavy atom. The van der Waals surface area contributed by atoms with E-state index in [2.05, 4.69) is 6.08 Å². The van der Waals surface area contributed by atoms with Gasteiger partial charge in [-0.05, 0) is 38.2 Å². The monoisotopic (exact) mass is 315 g/mol.